The first kappa shape index (κ1) is 17.6. The first-order valence-corrected chi connectivity index (χ1v) is 10.2. The van der Waals surface area contributed by atoms with Gasteiger partial charge in [-0.1, -0.05) is 13.8 Å². The molecule has 0 aromatic carbocycles. The van der Waals surface area contributed by atoms with Crippen molar-refractivity contribution in [2.24, 2.45) is 0 Å². The summed E-state index contributed by atoms with van der Waals surface area (Å²) in [6, 6.07) is 5.20. The summed E-state index contributed by atoms with van der Waals surface area (Å²) >= 11 is 0. The maximum absolute atomic E-state index is 3.87. The van der Waals surface area contributed by atoms with Crippen molar-refractivity contribution >= 4 is 11.6 Å². The Labute approximate surface area is 157 Å². The number of aromatic amines is 1. The Morgan fingerprint density at radius 1 is 1.12 bits per heavy atom. The average Bonchev–Trinajstić information content (AvgIpc) is 3.18. The lowest BCUT2D eigenvalue weighted by molar-refractivity contribution is 0.385. The molecule has 2 aliphatic heterocycles. The number of hydrogen-bond acceptors (Lipinski definition) is 2. The lowest BCUT2D eigenvalue weighted by Crippen LogP contribution is -2.35. The normalized spacial score (nSPS) is 20.1. The second kappa shape index (κ2) is 6.11. The van der Waals surface area contributed by atoms with Gasteiger partial charge in [0.25, 0.3) is 0 Å². The fraction of sp³-hybridized carbons (Fsp3) is 0.636. The fourth-order valence-electron chi connectivity index (χ4n) is 4.58. The smallest absolute Gasteiger partial charge is 0.109 e. The highest BCUT2D eigenvalue weighted by atomic mass is 15.2. The third-order valence-corrected chi connectivity index (χ3v) is 6.11. The summed E-state index contributed by atoms with van der Waals surface area (Å²) in [6.45, 7) is 12.7. The molecular weight excluding hydrogens is 320 g/mol. The summed E-state index contributed by atoms with van der Waals surface area (Å²) in [5, 5.41) is 7.39. The average molecular weight is 355 g/mol. The van der Waals surface area contributed by atoms with Gasteiger partial charge in [-0.15, -0.1) is 0 Å². The number of rotatable bonds is 3. The molecule has 0 spiro atoms. The molecule has 4 heteroatoms. The molecule has 4 nitrogen and oxygen atoms in total. The Morgan fingerprint density at radius 3 is 2.65 bits per heavy atom. The number of fused-ring (bicyclic) bond motifs is 2. The van der Waals surface area contributed by atoms with Crippen LogP contribution in [0.15, 0.2) is 18.3 Å². The number of nitrogens with one attached hydrogen (secondary N) is 3. The highest BCUT2D eigenvalue weighted by Gasteiger charge is 2.32. The Morgan fingerprint density at radius 2 is 1.92 bits per heavy atom. The van der Waals surface area contributed by atoms with E-state index in [0.717, 1.165) is 13.0 Å². The van der Waals surface area contributed by atoms with Crippen LogP contribution in [-0.4, -0.2) is 22.1 Å². The van der Waals surface area contributed by atoms with Crippen LogP contribution in [0.1, 0.15) is 70.7 Å². The molecule has 1 atom stereocenters. The maximum atomic E-state index is 3.87. The van der Waals surface area contributed by atoms with Crippen LogP contribution in [0, 0.1) is 0 Å². The molecule has 0 aliphatic carbocycles. The van der Waals surface area contributed by atoms with E-state index in [2.05, 4.69) is 73.1 Å². The second-order valence-electron chi connectivity index (χ2n) is 9.81. The molecule has 0 amide bonds. The van der Waals surface area contributed by atoms with Crippen molar-refractivity contribution in [2.45, 2.75) is 83.7 Å². The Balaban J connectivity index is 1.52. The van der Waals surface area contributed by atoms with Crippen LogP contribution < -0.4 is 10.6 Å². The molecule has 2 aromatic heterocycles. The predicted octanol–water partition coefficient (Wildman–Crippen LogP) is 5.02. The largest absolute Gasteiger partial charge is 0.371 e. The molecule has 4 rings (SSSR count). The van der Waals surface area contributed by atoms with E-state index in [1.165, 1.54) is 54.1 Å². The highest BCUT2D eigenvalue weighted by molar-refractivity contribution is 5.52. The third-order valence-electron chi connectivity index (χ3n) is 6.11. The van der Waals surface area contributed by atoms with Gasteiger partial charge < -0.3 is 20.2 Å². The van der Waals surface area contributed by atoms with Crippen LogP contribution in [0.4, 0.5) is 11.6 Å². The van der Waals surface area contributed by atoms with Gasteiger partial charge in [0.05, 0.1) is 0 Å². The minimum absolute atomic E-state index is 0.113. The zero-order valence-corrected chi connectivity index (χ0v) is 17.0. The van der Waals surface area contributed by atoms with E-state index in [4.69, 9.17) is 0 Å². The topological polar surface area (TPSA) is 44.8 Å². The molecule has 0 fully saturated rings. The molecular formula is C22H34N4. The molecule has 1 unspecified atom stereocenters. The van der Waals surface area contributed by atoms with E-state index in [1.54, 1.807) is 0 Å². The van der Waals surface area contributed by atoms with Gasteiger partial charge in [0.15, 0.2) is 0 Å². The third kappa shape index (κ3) is 3.15. The van der Waals surface area contributed by atoms with Gasteiger partial charge in [0.1, 0.15) is 11.6 Å². The Hall–Kier alpha value is -1.84. The fourth-order valence-corrected chi connectivity index (χ4v) is 4.58. The van der Waals surface area contributed by atoms with E-state index in [-0.39, 0.29) is 11.0 Å². The Bertz CT molecular complexity index is 764. The van der Waals surface area contributed by atoms with Crippen molar-refractivity contribution in [3.63, 3.8) is 0 Å². The summed E-state index contributed by atoms with van der Waals surface area (Å²) in [7, 11) is 0. The zero-order chi connectivity index (χ0) is 18.5. The monoisotopic (exact) mass is 354 g/mol. The summed E-state index contributed by atoms with van der Waals surface area (Å²) in [6.07, 6.45) is 8.20. The standard InChI is InChI=1S/C22H34N4/c1-21(2,3)26-12-10-15-8-9-17(24-20(15)26)14-22(4,5)18-13-16-7-6-11-23-19(16)25-18/h10,12-13,17,23-25H,6-9,11,14H2,1-5H3. The van der Waals surface area contributed by atoms with Gasteiger partial charge in [-0.2, -0.15) is 0 Å². The number of hydrogen-bond donors (Lipinski definition) is 3. The lowest BCUT2D eigenvalue weighted by Gasteiger charge is -2.35. The summed E-state index contributed by atoms with van der Waals surface area (Å²) in [5.74, 6) is 2.58. The first-order chi connectivity index (χ1) is 12.2. The van der Waals surface area contributed by atoms with Crippen molar-refractivity contribution in [1.82, 2.24) is 9.55 Å². The minimum Gasteiger partial charge on any atom is -0.371 e. The maximum Gasteiger partial charge on any atom is 0.109 e. The zero-order valence-electron chi connectivity index (χ0n) is 17.0. The molecule has 0 saturated heterocycles. The Kier molecular flexibility index (Phi) is 4.13. The summed E-state index contributed by atoms with van der Waals surface area (Å²) in [4.78, 5) is 3.67. The number of anilines is 2. The lowest BCUT2D eigenvalue weighted by atomic mass is 9.80. The minimum atomic E-state index is 0.113. The van der Waals surface area contributed by atoms with Crippen LogP contribution >= 0.6 is 0 Å². The molecule has 4 heterocycles. The highest BCUT2D eigenvalue weighted by Crippen LogP contribution is 2.37. The van der Waals surface area contributed by atoms with Crippen molar-refractivity contribution < 1.29 is 0 Å². The molecule has 0 radical (unpaired) electrons. The van der Waals surface area contributed by atoms with Gasteiger partial charge in [-0.25, -0.2) is 0 Å². The first-order valence-electron chi connectivity index (χ1n) is 10.2. The quantitative estimate of drug-likeness (QED) is 0.724. The summed E-state index contributed by atoms with van der Waals surface area (Å²) < 4.78 is 2.40. The van der Waals surface area contributed by atoms with Gasteiger partial charge in [0, 0.05) is 35.4 Å². The van der Waals surface area contributed by atoms with Gasteiger partial charge in [0.2, 0.25) is 0 Å². The molecule has 3 N–H and O–H groups in total. The SMILES string of the molecule is CC(C)(CC1CCc2ccn(C(C)(C)C)c2N1)c1cc2c([nH]1)NCCC2. The number of aromatic nitrogens is 2. The van der Waals surface area contributed by atoms with E-state index >= 15 is 0 Å². The van der Waals surface area contributed by atoms with Crippen LogP contribution in [0.3, 0.4) is 0 Å². The van der Waals surface area contributed by atoms with Crippen LogP contribution in [-0.2, 0) is 23.8 Å². The number of H-pyrrole nitrogens is 1. The van der Waals surface area contributed by atoms with E-state index < -0.39 is 0 Å². The van der Waals surface area contributed by atoms with Crippen molar-refractivity contribution in [2.75, 3.05) is 17.2 Å². The molecule has 142 valence electrons. The van der Waals surface area contributed by atoms with E-state index in [9.17, 15) is 0 Å². The molecule has 2 aromatic rings. The number of nitrogens with zero attached hydrogens (tertiary/aromatic N) is 1. The molecule has 2 aliphatic rings. The van der Waals surface area contributed by atoms with Gasteiger partial charge in [-0.05, 0) is 76.1 Å². The predicted molar refractivity (Wildman–Crippen MR) is 110 cm³/mol. The van der Waals surface area contributed by atoms with Gasteiger partial charge in [-0.3, -0.25) is 0 Å². The molecule has 0 bridgehead atoms. The van der Waals surface area contributed by atoms with Crippen molar-refractivity contribution in [1.29, 1.82) is 0 Å². The van der Waals surface area contributed by atoms with E-state index in [1.807, 2.05) is 0 Å². The van der Waals surface area contributed by atoms with Crippen molar-refractivity contribution in [3.8, 4) is 0 Å². The van der Waals surface area contributed by atoms with Crippen LogP contribution in [0.25, 0.3) is 0 Å². The summed E-state index contributed by atoms with van der Waals surface area (Å²) in [5.41, 5.74) is 4.54. The van der Waals surface area contributed by atoms with Crippen LogP contribution in [0.2, 0.25) is 0 Å². The molecule has 26 heavy (non-hydrogen) atoms. The van der Waals surface area contributed by atoms with Gasteiger partial charge >= 0.3 is 0 Å². The van der Waals surface area contributed by atoms with Crippen LogP contribution in [0.5, 0.6) is 0 Å². The molecule has 0 saturated carbocycles. The number of aryl methyl sites for hydroxylation is 2. The van der Waals surface area contributed by atoms with Crippen molar-refractivity contribution in [3.05, 3.63) is 35.2 Å². The van der Waals surface area contributed by atoms with E-state index in [0.29, 0.717) is 6.04 Å². The second-order valence-corrected chi connectivity index (χ2v) is 9.81.